The summed E-state index contributed by atoms with van der Waals surface area (Å²) in [5.74, 6) is 0. The molecule has 1 aliphatic rings. The van der Waals surface area contributed by atoms with E-state index in [0.717, 1.165) is 18.8 Å². The highest BCUT2D eigenvalue weighted by molar-refractivity contribution is 5.45. The summed E-state index contributed by atoms with van der Waals surface area (Å²) in [4.78, 5) is 6.70. The van der Waals surface area contributed by atoms with Crippen molar-refractivity contribution in [1.29, 1.82) is 0 Å². The van der Waals surface area contributed by atoms with Gasteiger partial charge in [0.2, 0.25) is 0 Å². The summed E-state index contributed by atoms with van der Waals surface area (Å²) in [5, 5.41) is 3.31. The van der Waals surface area contributed by atoms with Crippen LogP contribution in [0.4, 0.5) is 5.69 Å². The molecule has 0 amide bonds. The summed E-state index contributed by atoms with van der Waals surface area (Å²) in [6.45, 7) is 4.25. The van der Waals surface area contributed by atoms with E-state index in [4.69, 9.17) is 0 Å². The van der Waals surface area contributed by atoms with Crippen LogP contribution in [0.25, 0.3) is 0 Å². The van der Waals surface area contributed by atoms with E-state index in [0.29, 0.717) is 6.04 Å². The number of aryl methyl sites for hydroxylation is 1. The van der Waals surface area contributed by atoms with Gasteiger partial charge in [-0.2, -0.15) is 0 Å². The van der Waals surface area contributed by atoms with Crippen molar-refractivity contribution in [3.8, 4) is 0 Å². The van der Waals surface area contributed by atoms with Crippen molar-refractivity contribution in [1.82, 2.24) is 10.3 Å². The highest BCUT2D eigenvalue weighted by atomic mass is 15.2. The van der Waals surface area contributed by atoms with Crippen LogP contribution in [0.1, 0.15) is 12.1 Å². The van der Waals surface area contributed by atoms with Gasteiger partial charge in [-0.15, -0.1) is 0 Å². The topological polar surface area (TPSA) is 28.2 Å². The van der Waals surface area contributed by atoms with E-state index in [1.165, 1.54) is 12.1 Å². The van der Waals surface area contributed by atoms with E-state index in [2.05, 4.69) is 27.3 Å². The van der Waals surface area contributed by atoms with Crippen LogP contribution in [-0.4, -0.2) is 31.2 Å². The number of hydrogen-bond acceptors (Lipinski definition) is 3. The SMILES string of the molecule is CN[C@@H]1CCN(c2ccc(C)nc2)C1. The Balaban J connectivity index is 2.06. The Hall–Kier alpha value is -1.09. The lowest BCUT2D eigenvalue weighted by molar-refractivity contribution is 0.617. The number of nitrogens with zero attached hydrogens (tertiary/aromatic N) is 2. The van der Waals surface area contributed by atoms with Crippen LogP contribution in [0.3, 0.4) is 0 Å². The third kappa shape index (κ3) is 1.87. The van der Waals surface area contributed by atoms with Gasteiger partial charge in [-0.1, -0.05) is 0 Å². The fourth-order valence-electron chi connectivity index (χ4n) is 1.88. The van der Waals surface area contributed by atoms with Gasteiger partial charge in [0, 0.05) is 24.8 Å². The van der Waals surface area contributed by atoms with Crippen molar-refractivity contribution in [2.75, 3.05) is 25.0 Å². The Bertz CT molecular complexity index is 294. The van der Waals surface area contributed by atoms with Crippen LogP contribution in [0.5, 0.6) is 0 Å². The van der Waals surface area contributed by atoms with E-state index in [-0.39, 0.29) is 0 Å². The minimum atomic E-state index is 0.635. The maximum Gasteiger partial charge on any atom is 0.0553 e. The van der Waals surface area contributed by atoms with Crippen LogP contribution in [0.2, 0.25) is 0 Å². The Kier molecular flexibility index (Phi) is 2.68. The summed E-state index contributed by atoms with van der Waals surface area (Å²) < 4.78 is 0. The predicted molar refractivity (Wildman–Crippen MR) is 58.7 cm³/mol. The molecule has 0 radical (unpaired) electrons. The second kappa shape index (κ2) is 3.96. The molecule has 2 rings (SSSR count). The molecule has 0 unspecified atom stereocenters. The highest BCUT2D eigenvalue weighted by Crippen LogP contribution is 2.19. The van der Waals surface area contributed by atoms with E-state index >= 15 is 0 Å². The molecule has 1 aromatic rings. The van der Waals surface area contributed by atoms with Crippen LogP contribution < -0.4 is 10.2 Å². The van der Waals surface area contributed by atoms with Crippen LogP contribution in [0, 0.1) is 6.92 Å². The van der Waals surface area contributed by atoms with E-state index < -0.39 is 0 Å². The minimum absolute atomic E-state index is 0.635. The van der Waals surface area contributed by atoms with E-state index in [9.17, 15) is 0 Å². The van der Waals surface area contributed by atoms with Crippen molar-refractivity contribution in [3.63, 3.8) is 0 Å². The van der Waals surface area contributed by atoms with Gasteiger partial charge in [0.05, 0.1) is 11.9 Å². The molecule has 0 aromatic carbocycles. The lowest BCUT2D eigenvalue weighted by atomic mass is 10.3. The van der Waals surface area contributed by atoms with Crippen molar-refractivity contribution >= 4 is 5.69 Å². The summed E-state index contributed by atoms with van der Waals surface area (Å²) >= 11 is 0. The third-order valence-electron chi connectivity index (χ3n) is 2.86. The molecule has 1 atom stereocenters. The first-order valence-corrected chi connectivity index (χ1v) is 5.14. The zero-order valence-electron chi connectivity index (χ0n) is 8.83. The molecular formula is C11H17N3. The van der Waals surface area contributed by atoms with E-state index in [1.54, 1.807) is 0 Å². The van der Waals surface area contributed by atoms with Gasteiger partial charge in [0.15, 0.2) is 0 Å². The molecule has 1 aromatic heterocycles. The van der Waals surface area contributed by atoms with E-state index in [1.807, 2.05) is 20.2 Å². The van der Waals surface area contributed by atoms with Gasteiger partial charge in [-0.3, -0.25) is 4.98 Å². The molecule has 0 aliphatic carbocycles. The molecule has 3 heteroatoms. The molecule has 0 saturated carbocycles. The molecule has 1 fully saturated rings. The molecule has 1 aliphatic heterocycles. The Labute approximate surface area is 85.1 Å². The molecule has 1 N–H and O–H groups in total. The molecule has 0 bridgehead atoms. The third-order valence-corrected chi connectivity index (χ3v) is 2.86. The number of aromatic nitrogens is 1. The predicted octanol–water partition coefficient (Wildman–Crippen LogP) is 1.19. The van der Waals surface area contributed by atoms with Crippen LogP contribution in [0.15, 0.2) is 18.3 Å². The van der Waals surface area contributed by atoms with Crippen LogP contribution >= 0.6 is 0 Å². The van der Waals surface area contributed by atoms with Gasteiger partial charge in [0.25, 0.3) is 0 Å². The number of anilines is 1. The monoisotopic (exact) mass is 191 g/mol. The minimum Gasteiger partial charge on any atom is -0.369 e. The first-order chi connectivity index (χ1) is 6.79. The number of rotatable bonds is 2. The molecule has 3 nitrogen and oxygen atoms in total. The Morgan fingerprint density at radius 3 is 2.93 bits per heavy atom. The maximum absolute atomic E-state index is 4.31. The standard InChI is InChI=1S/C11H17N3/c1-9-3-4-11(7-13-9)14-6-5-10(8-14)12-2/h3-4,7,10,12H,5-6,8H2,1-2H3/t10-/m1/s1. The number of likely N-dealkylation sites (N-methyl/N-ethyl adjacent to an activating group) is 1. The van der Waals surface area contributed by atoms with Crippen LogP contribution in [-0.2, 0) is 0 Å². The average Bonchev–Trinajstić information content (AvgIpc) is 2.67. The number of nitrogens with one attached hydrogen (secondary N) is 1. The fraction of sp³-hybridized carbons (Fsp3) is 0.545. The fourth-order valence-corrected chi connectivity index (χ4v) is 1.88. The van der Waals surface area contributed by atoms with Gasteiger partial charge in [-0.05, 0) is 32.5 Å². The number of pyridine rings is 1. The van der Waals surface area contributed by atoms with Gasteiger partial charge >= 0.3 is 0 Å². The summed E-state index contributed by atoms with van der Waals surface area (Å²) in [5.41, 5.74) is 2.33. The lowest BCUT2D eigenvalue weighted by Gasteiger charge is -2.18. The second-order valence-electron chi connectivity index (χ2n) is 3.88. The zero-order chi connectivity index (χ0) is 9.97. The molecule has 1 saturated heterocycles. The van der Waals surface area contributed by atoms with Crippen molar-refractivity contribution in [3.05, 3.63) is 24.0 Å². The zero-order valence-corrected chi connectivity index (χ0v) is 8.83. The van der Waals surface area contributed by atoms with Crippen molar-refractivity contribution < 1.29 is 0 Å². The first kappa shape index (κ1) is 9.46. The highest BCUT2D eigenvalue weighted by Gasteiger charge is 2.20. The smallest absolute Gasteiger partial charge is 0.0553 e. The second-order valence-corrected chi connectivity index (χ2v) is 3.88. The quantitative estimate of drug-likeness (QED) is 0.761. The maximum atomic E-state index is 4.31. The molecule has 14 heavy (non-hydrogen) atoms. The largest absolute Gasteiger partial charge is 0.369 e. The number of hydrogen-bond donors (Lipinski definition) is 1. The Morgan fingerprint density at radius 2 is 2.36 bits per heavy atom. The molecule has 0 spiro atoms. The normalized spacial score (nSPS) is 21.6. The van der Waals surface area contributed by atoms with Crippen molar-refractivity contribution in [2.24, 2.45) is 0 Å². The van der Waals surface area contributed by atoms with Gasteiger partial charge < -0.3 is 10.2 Å². The van der Waals surface area contributed by atoms with Crippen molar-refractivity contribution in [2.45, 2.75) is 19.4 Å². The molecular weight excluding hydrogens is 174 g/mol. The summed E-state index contributed by atoms with van der Waals surface area (Å²) in [7, 11) is 2.03. The summed E-state index contributed by atoms with van der Waals surface area (Å²) in [6.07, 6.45) is 3.19. The summed E-state index contributed by atoms with van der Waals surface area (Å²) in [6, 6.07) is 4.86. The average molecular weight is 191 g/mol. The van der Waals surface area contributed by atoms with Gasteiger partial charge in [0.1, 0.15) is 0 Å². The lowest BCUT2D eigenvalue weighted by Crippen LogP contribution is -2.29. The van der Waals surface area contributed by atoms with Gasteiger partial charge in [-0.25, -0.2) is 0 Å². The first-order valence-electron chi connectivity index (χ1n) is 5.14. The molecule has 76 valence electrons. The molecule has 2 heterocycles. The Morgan fingerprint density at radius 1 is 1.50 bits per heavy atom.